The molecule has 0 N–H and O–H groups in total. The summed E-state index contributed by atoms with van der Waals surface area (Å²) in [6.07, 6.45) is 29.5. The van der Waals surface area contributed by atoms with Crippen LogP contribution in [-0.2, 0) is 0 Å². The van der Waals surface area contributed by atoms with Crippen molar-refractivity contribution in [2.45, 2.75) is 104 Å². The molecule has 30 heavy (non-hydrogen) atoms. The van der Waals surface area contributed by atoms with Gasteiger partial charge in [-0.25, -0.2) is 0 Å². The Morgan fingerprint density at radius 3 is 1.30 bits per heavy atom. The van der Waals surface area contributed by atoms with Crippen molar-refractivity contribution in [1.29, 1.82) is 0 Å². The first-order valence-electron chi connectivity index (χ1n) is 13.2. The molecule has 0 atom stereocenters. The molecule has 2 fully saturated rings. The second-order valence-corrected chi connectivity index (χ2v) is 10.2. The van der Waals surface area contributed by atoms with Crippen LogP contribution in [0.25, 0.3) is 12.2 Å². The van der Waals surface area contributed by atoms with E-state index in [1.807, 2.05) is 0 Å². The van der Waals surface area contributed by atoms with Crippen molar-refractivity contribution in [1.82, 2.24) is 0 Å². The molecule has 0 radical (unpaired) electrons. The molecule has 1 aromatic carbocycles. The predicted octanol–water partition coefficient (Wildman–Crippen LogP) is 9.71. The Morgan fingerprint density at radius 1 is 0.600 bits per heavy atom. The zero-order valence-corrected chi connectivity index (χ0v) is 19.8. The minimum atomic E-state index is 0.801. The standard InChI is InChI=1S/C30H46/c1-3-5-7-25-9-13-27(14-10-25)17-19-29-21-23-30(24-22-29)20-18-28-15-11-26(12-16-28)8-6-4-2/h17-28H,3-16H2,1-2H3/b19-17+,20-18+. The Morgan fingerprint density at radius 2 is 0.967 bits per heavy atom. The Bertz CT molecular complexity index is 562. The SMILES string of the molecule is CCCCC1CCC(/C=C/c2ccc(/C=C/C3CCC(CCCC)CC3)cc2)CC1. The van der Waals surface area contributed by atoms with Gasteiger partial charge in [0.1, 0.15) is 0 Å². The number of benzene rings is 1. The first kappa shape index (κ1) is 23.4. The van der Waals surface area contributed by atoms with Gasteiger partial charge in [0.2, 0.25) is 0 Å². The van der Waals surface area contributed by atoms with E-state index in [9.17, 15) is 0 Å². The van der Waals surface area contributed by atoms with Crippen molar-refractivity contribution in [2.75, 3.05) is 0 Å². The molecule has 0 amide bonds. The van der Waals surface area contributed by atoms with Crippen LogP contribution in [0.4, 0.5) is 0 Å². The van der Waals surface area contributed by atoms with Crippen molar-refractivity contribution in [3.63, 3.8) is 0 Å². The van der Waals surface area contributed by atoms with Crippen LogP contribution in [-0.4, -0.2) is 0 Å². The van der Waals surface area contributed by atoms with Gasteiger partial charge in [0.05, 0.1) is 0 Å². The molecule has 2 aliphatic rings. The Kier molecular flexibility index (Phi) is 10.3. The quantitative estimate of drug-likeness (QED) is 0.362. The van der Waals surface area contributed by atoms with Gasteiger partial charge in [-0.1, -0.05) is 101 Å². The summed E-state index contributed by atoms with van der Waals surface area (Å²) in [5.74, 6) is 3.61. The third-order valence-electron chi connectivity index (χ3n) is 7.77. The molecule has 3 rings (SSSR count). The number of hydrogen-bond acceptors (Lipinski definition) is 0. The van der Waals surface area contributed by atoms with E-state index >= 15 is 0 Å². The molecule has 0 spiro atoms. The Balaban J connectivity index is 1.39. The van der Waals surface area contributed by atoms with Crippen molar-refractivity contribution in [3.05, 3.63) is 47.5 Å². The van der Waals surface area contributed by atoms with Crippen LogP contribution in [0, 0.1) is 23.7 Å². The molecular formula is C30H46. The van der Waals surface area contributed by atoms with Gasteiger partial charge < -0.3 is 0 Å². The third kappa shape index (κ3) is 8.09. The molecule has 1 aromatic rings. The summed E-state index contributed by atoms with van der Waals surface area (Å²) in [5, 5.41) is 0. The molecule has 0 nitrogen and oxygen atoms in total. The van der Waals surface area contributed by atoms with Gasteiger partial charge in [-0.3, -0.25) is 0 Å². The molecule has 0 saturated heterocycles. The molecule has 166 valence electrons. The summed E-state index contributed by atoms with van der Waals surface area (Å²) in [7, 11) is 0. The van der Waals surface area contributed by atoms with E-state index in [1.54, 1.807) is 0 Å². The summed E-state index contributed by atoms with van der Waals surface area (Å²) in [5.41, 5.74) is 2.72. The van der Waals surface area contributed by atoms with Crippen LogP contribution < -0.4 is 0 Å². The highest BCUT2D eigenvalue weighted by atomic mass is 14.2. The van der Waals surface area contributed by atoms with E-state index < -0.39 is 0 Å². The van der Waals surface area contributed by atoms with E-state index in [-0.39, 0.29) is 0 Å². The number of unbranched alkanes of at least 4 members (excludes halogenated alkanes) is 2. The molecule has 2 saturated carbocycles. The number of allylic oxidation sites excluding steroid dienone is 2. The topological polar surface area (TPSA) is 0 Å². The maximum atomic E-state index is 2.48. The summed E-state index contributed by atoms with van der Waals surface area (Å²) in [6.45, 7) is 4.63. The van der Waals surface area contributed by atoms with Gasteiger partial charge in [-0.05, 0) is 86.2 Å². The monoisotopic (exact) mass is 406 g/mol. The second kappa shape index (κ2) is 13.2. The fourth-order valence-corrected chi connectivity index (χ4v) is 5.54. The number of hydrogen-bond donors (Lipinski definition) is 0. The van der Waals surface area contributed by atoms with Crippen LogP contribution in [0.2, 0.25) is 0 Å². The molecule has 0 heterocycles. The maximum Gasteiger partial charge on any atom is -0.0230 e. The van der Waals surface area contributed by atoms with Crippen LogP contribution in [0.15, 0.2) is 36.4 Å². The first-order chi connectivity index (χ1) is 14.8. The van der Waals surface area contributed by atoms with Gasteiger partial charge in [0.15, 0.2) is 0 Å². The maximum absolute atomic E-state index is 2.48. The zero-order valence-electron chi connectivity index (χ0n) is 19.8. The van der Waals surface area contributed by atoms with Gasteiger partial charge in [0.25, 0.3) is 0 Å². The molecule has 0 unspecified atom stereocenters. The molecule has 0 bridgehead atoms. The van der Waals surface area contributed by atoms with E-state index in [0.717, 1.165) is 23.7 Å². The lowest BCUT2D eigenvalue weighted by atomic mass is 9.79. The van der Waals surface area contributed by atoms with Crippen molar-refractivity contribution < 1.29 is 0 Å². The lowest BCUT2D eigenvalue weighted by Gasteiger charge is -2.26. The highest BCUT2D eigenvalue weighted by molar-refractivity contribution is 5.56. The second-order valence-electron chi connectivity index (χ2n) is 10.2. The fraction of sp³-hybridized carbons (Fsp3) is 0.667. The smallest absolute Gasteiger partial charge is 0.0230 e. The van der Waals surface area contributed by atoms with E-state index in [2.05, 4.69) is 62.4 Å². The van der Waals surface area contributed by atoms with Crippen LogP contribution in [0.3, 0.4) is 0 Å². The summed E-state index contributed by atoms with van der Waals surface area (Å²) in [4.78, 5) is 0. The van der Waals surface area contributed by atoms with Gasteiger partial charge in [0, 0.05) is 0 Å². The average molecular weight is 407 g/mol. The molecule has 0 aliphatic heterocycles. The minimum Gasteiger partial charge on any atom is -0.0808 e. The van der Waals surface area contributed by atoms with Gasteiger partial charge >= 0.3 is 0 Å². The summed E-state index contributed by atoms with van der Waals surface area (Å²) >= 11 is 0. The normalized spacial score (nSPS) is 27.8. The van der Waals surface area contributed by atoms with Crippen molar-refractivity contribution in [3.8, 4) is 0 Å². The minimum absolute atomic E-state index is 0.801. The predicted molar refractivity (Wildman–Crippen MR) is 134 cm³/mol. The van der Waals surface area contributed by atoms with Crippen molar-refractivity contribution >= 4 is 12.2 Å². The van der Waals surface area contributed by atoms with Crippen LogP contribution in [0.1, 0.15) is 115 Å². The fourth-order valence-electron chi connectivity index (χ4n) is 5.54. The number of rotatable bonds is 10. The van der Waals surface area contributed by atoms with Crippen molar-refractivity contribution in [2.24, 2.45) is 23.7 Å². The highest BCUT2D eigenvalue weighted by Crippen LogP contribution is 2.34. The Labute approximate surface area is 187 Å². The molecule has 2 aliphatic carbocycles. The summed E-state index contributed by atoms with van der Waals surface area (Å²) < 4.78 is 0. The van der Waals surface area contributed by atoms with Crippen LogP contribution >= 0.6 is 0 Å². The van der Waals surface area contributed by atoms with Gasteiger partial charge in [-0.15, -0.1) is 0 Å². The largest absolute Gasteiger partial charge is 0.0808 e. The lowest BCUT2D eigenvalue weighted by molar-refractivity contribution is 0.291. The third-order valence-corrected chi connectivity index (χ3v) is 7.77. The van der Waals surface area contributed by atoms with E-state index in [0.29, 0.717) is 0 Å². The molecule has 0 aromatic heterocycles. The van der Waals surface area contributed by atoms with E-state index in [4.69, 9.17) is 0 Å². The molecule has 0 heteroatoms. The highest BCUT2D eigenvalue weighted by Gasteiger charge is 2.19. The Hall–Kier alpha value is -1.30. The zero-order chi connectivity index (χ0) is 21.0. The summed E-state index contributed by atoms with van der Waals surface area (Å²) in [6, 6.07) is 9.19. The van der Waals surface area contributed by atoms with E-state index in [1.165, 1.54) is 101 Å². The first-order valence-corrected chi connectivity index (χ1v) is 13.2. The molecular weight excluding hydrogens is 360 g/mol. The van der Waals surface area contributed by atoms with Crippen LogP contribution in [0.5, 0.6) is 0 Å². The lowest BCUT2D eigenvalue weighted by Crippen LogP contribution is -2.12. The van der Waals surface area contributed by atoms with Gasteiger partial charge in [-0.2, -0.15) is 0 Å². The average Bonchev–Trinajstić information content (AvgIpc) is 2.80.